The van der Waals surface area contributed by atoms with Gasteiger partial charge in [0.1, 0.15) is 0 Å². The second-order valence-electron chi connectivity index (χ2n) is 4.12. The van der Waals surface area contributed by atoms with Gasteiger partial charge in [0.2, 0.25) is 0 Å². The Labute approximate surface area is 108 Å². The van der Waals surface area contributed by atoms with Crippen molar-refractivity contribution < 1.29 is 14.6 Å². The fourth-order valence-electron chi connectivity index (χ4n) is 1.63. The Morgan fingerprint density at radius 1 is 1.39 bits per heavy atom. The number of aliphatic carboxylic acids is 1. The molecule has 0 aliphatic rings. The lowest BCUT2D eigenvalue weighted by Crippen LogP contribution is -2.25. The highest BCUT2D eigenvalue weighted by atomic mass is 16.5. The Hall–Kier alpha value is -1.39. The predicted octanol–water partition coefficient (Wildman–Crippen LogP) is 2.22. The van der Waals surface area contributed by atoms with Gasteiger partial charge < -0.3 is 15.2 Å². The van der Waals surface area contributed by atoms with E-state index in [-0.39, 0.29) is 12.5 Å². The van der Waals surface area contributed by atoms with Crippen molar-refractivity contribution in [3.8, 4) is 0 Å². The fourth-order valence-corrected chi connectivity index (χ4v) is 1.63. The molecular weight excluding hydrogens is 230 g/mol. The molecule has 0 saturated heterocycles. The fraction of sp³-hybridized carbons (Fsp3) is 0.500. The van der Waals surface area contributed by atoms with E-state index >= 15 is 0 Å². The summed E-state index contributed by atoms with van der Waals surface area (Å²) in [5.41, 5.74) is 1.12. The summed E-state index contributed by atoms with van der Waals surface area (Å²) >= 11 is 0. The van der Waals surface area contributed by atoms with Crippen LogP contribution in [0, 0.1) is 0 Å². The number of carboxylic acid groups (broad SMARTS) is 1. The van der Waals surface area contributed by atoms with E-state index in [4.69, 9.17) is 9.84 Å². The summed E-state index contributed by atoms with van der Waals surface area (Å²) in [5, 5.41) is 11.7. The maximum atomic E-state index is 10.4. The van der Waals surface area contributed by atoms with Crippen molar-refractivity contribution in [3.63, 3.8) is 0 Å². The van der Waals surface area contributed by atoms with Crippen molar-refractivity contribution in [2.75, 3.05) is 19.7 Å². The average Bonchev–Trinajstić information content (AvgIpc) is 2.38. The molecule has 0 aromatic heterocycles. The molecule has 0 saturated carbocycles. The summed E-state index contributed by atoms with van der Waals surface area (Å²) in [7, 11) is 0. The van der Waals surface area contributed by atoms with Crippen LogP contribution in [0.1, 0.15) is 31.4 Å². The van der Waals surface area contributed by atoms with Crippen LogP contribution in [0.2, 0.25) is 0 Å². The minimum Gasteiger partial charge on any atom is -0.481 e. The van der Waals surface area contributed by atoms with E-state index in [9.17, 15) is 4.79 Å². The molecule has 1 unspecified atom stereocenters. The molecule has 18 heavy (non-hydrogen) atoms. The molecule has 0 aliphatic heterocycles. The summed E-state index contributed by atoms with van der Waals surface area (Å²) in [5.74, 6) is -0.784. The zero-order valence-corrected chi connectivity index (χ0v) is 10.8. The summed E-state index contributed by atoms with van der Waals surface area (Å²) in [6, 6.07) is 9.99. The second kappa shape index (κ2) is 8.66. The number of ether oxygens (including phenoxy) is 1. The first kappa shape index (κ1) is 14.7. The predicted molar refractivity (Wildman–Crippen MR) is 70.5 cm³/mol. The van der Waals surface area contributed by atoms with Crippen molar-refractivity contribution in [2.24, 2.45) is 0 Å². The SMILES string of the molecule is CCCOC(CNCCC(=O)O)c1ccccc1. The third-order valence-electron chi connectivity index (χ3n) is 2.54. The van der Waals surface area contributed by atoms with Crippen LogP contribution in [0.15, 0.2) is 30.3 Å². The summed E-state index contributed by atoms with van der Waals surface area (Å²) in [6.07, 6.45) is 1.09. The van der Waals surface area contributed by atoms with Gasteiger partial charge in [-0.15, -0.1) is 0 Å². The number of carbonyl (C=O) groups is 1. The normalized spacial score (nSPS) is 12.3. The molecule has 1 aromatic carbocycles. The van der Waals surface area contributed by atoms with Crippen LogP contribution in [-0.2, 0) is 9.53 Å². The Morgan fingerprint density at radius 3 is 2.72 bits per heavy atom. The van der Waals surface area contributed by atoms with Crippen LogP contribution in [0.4, 0.5) is 0 Å². The lowest BCUT2D eigenvalue weighted by molar-refractivity contribution is -0.136. The van der Waals surface area contributed by atoms with Gasteiger partial charge in [-0.3, -0.25) is 4.79 Å². The van der Waals surface area contributed by atoms with Crippen molar-refractivity contribution >= 4 is 5.97 Å². The van der Waals surface area contributed by atoms with Gasteiger partial charge >= 0.3 is 5.97 Å². The zero-order chi connectivity index (χ0) is 13.2. The van der Waals surface area contributed by atoms with Gasteiger partial charge in [-0.05, 0) is 12.0 Å². The maximum Gasteiger partial charge on any atom is 0.304 e. The smallest absolute Gasteiger partial charge is 0.304 e. The third-order valence-corrected chi connectivity index (χ3v) is 2.54. The molecule has 0 aliphatic carbocycles. The first-order valence-electron chi connectivity index (χ1n) is 6.33. The summed E-state index contributed by atoms with van der Waals surface area (Å²) < 4.78 is 5.77. The monoisotopic (exact) mass is 251 g/mol. The van der Waals surface area contributed by atoms with Crippen LogP contribution >= 0.6 is 0 Å². The molecule has 1 rings (SSSR count). The summed E-state index contributed by atoms with van der Waals surface area (Å²) in [6.45, 7) is 3.88. The van der Waals surface area contributed by atoms with Crippen LogP contribution in [0.5, 0.6) is 0 Å². The molecule has 2 N–H and O–H groups in total. The quantitative estimate of drug-likeness (QED) is 0.661. The van der Waals surface area contributed by atoms with Crippen LogP contribution < -0.4 is 5.32 Å². The molecule has 0 radical (unpaired) electrons. The molecule has 0 fully saturated rings. The number of hydrogen-bond acceptors (Lipinski definition) is 3. The van der Waals surface area contributed by atoms with Crippen LogP contribution in [0.25, 0.3) is 0 Å². The lowest BCUT2D eigenvalue weighted by Gasteiger charge is -2.18. The largest absolute Gasteiger partial charge is 0.481 e. The Morgan fingerprint density at radius 2 is 2.11 bits per heavy atom. The van der Waals surface area contributed by atoms with Gasteiger partial charge in [-0.1, -0.05) is 37.3 Å². The topological polar surface area (TPSA) is 58.6 Å². The van der Waals surface area contributed by atoms with Crippen molar-refractivity contribution in [1.82, 2.24) is 5.32 Å². The molecule has 100 valence electrons. The molecular formula is C14H21NO3. The number of nitrogens with one attached hydrogen (secondary N) is 1. The van der Waals surface area contributed by atoms with Gasteiger partial charge in [0, 0.05) is 19.7 Å². The number of benzene rings is 1. The molecule has 1 atom stereocenters. The van der Waals surface area contributed by atoms with Crippen LogP contribution in [0.3, 0.4) is 0 Å². The Bertz CT molecular complexity index is 340. The van der Waals surface area contributed by atoms with E-state index < -0.39 is 5.97 Å². The maximum absolute atomic E-state index is 10.4. The zero-order valence-electron chi connectivity index (χ0n) is 10.8. The number of rotatable bonds is 9. The van der Waals surface area contributed by atoms with Gasteiger partial charge in [0.15, 0.2) is 0 Å². The minimum atomic E-state index is -0.784. The van der Waals surface area contributed by atoms with E-state index in [0.717, 1.165) is 12.0 Å². The van der Waals surface area contributed by atoms with Crippen molar-refractivity contribution in [3.05, 3.63) is 35.9 Å². The van der Waals surface area contributed by atoms with Gasteiger partial charge in [-0.2, -0.15) is 0 Å². The van der Waals surface area contributed by atoms with E-state index in [1.165, 1.54) is 0 Å². The van der Waals surface area contributed by atoms with Crippen molar-refractivity contribution in [2.45, 2.75) is 25.9 Å². The van der Waals surface area contributed by atoms with E-state index in [0.29, 0.717) is 19.7 Å². The standard InChI is InChI=1S/C14H21NO3/c1-2-10-18-13(11-15-9-8-14(16)17)12-6-4-3-5-7-12/h3-7,13,15H,2,8-11H2,1H3,(H,16,17). The molecule has 4 nitrogen and oxygen atoms in total. The molecule has 1 aromatic rings. The highest BCUT2D eigenvalue weighted by Gasteiger charge is 2.10. The summed E-state index contributed by atoms with van der Waals surface area (Å²) in [4.78, 5) is 10.4. The molecule has 0 spiro atoms. The van der Waals surface area contributed by atoms with Gasteiger partial charge in [0.05, 0.1) is 12.5 Å². The third kappa shape index (κ3) is 5.80. The minimum absolute atomic E-state index is 0.0139. The van der Waals surface area contributed by atoms with Gasteiger partial charge in [0.25, 0.3) is 0 Å². The highest BCUT2D eigenvalue weighted by Crippen LogP contribution is 2.16. The number of hydrogen-bond donors (Lipinski definition) is 2. The van der Waals surface area contributed by atoms with Gasteiger partial charge in [-0.25, -0.2) is 0 Å². The molecule has 0 amide bonds. The Balaban J connectivity index is 2.43. The number of carboxylic acids is 1. The molecule has 0 heterocycles. The molecule has 0 bridgehead atoms. The van der Waals surface area contributed by atoms with E-state index in [1.54, 1.807) is 0 Å². The Kier molecular flexibility index (Phi) is 7.06. The van der Waals surface area contributed by atoms with E-state index in [1.807, 2.05) is 30.3 Å². The lowest BCUT2D eigenvalue weighted by atomic mass is 10.1. The first-order valence-corrected chi connectivity index (χ1v) is 6.33. The first-order chi connectivity index (χ1) is 8.74. The second-order valence-corrected chi connectivity index (χ2v) is 4.12. The highest BCUT2D eigenvalue weighted by molar-refractivity contribution is 5.66. The average molecular weight is 251 g/mol. The van der Waals surface area contributed by atoms with Crippen LogP contribution in [-0.4, -0.2) is 30.8 Å². The van der Waals surface area contributed by atoms with E-state index in [2.05, 4.69) is 12.2 Å². The molecule has 4 heteroatoms. The van der Waals surface area contributed by atoms with Crippen molar-refractivity contribution in [1.29, 1.82) is 0 Å².